The molecule has 3 nitrogen and oxygen atoms in total. The van der Waals surface area contributed by atoms with E-state index in [1.165, 1.54) is 0 Å². The van der Waals surface area contributed by atoms with Gasteiger partial charge in [0.15, 0.2) is 0 Å². The van der Waals surface area contributed by atoms with Gasteiger partial charge in [-0.15, -0.1) is 0 Å². The summed E-state index contributed by atoms with van der Waals surface area (Å²) >= 11 is 0. The van der Waals surface area contributed by atoms with Crippen molar-refractivity contribution >= 4 is 0 Å². The van der Waals surface area contributed by atoms with Crippen molar-refractivity contribution < 1.29 is 5.11 Å². The Kier molecular flexibility index (Phi) is 2.29. The zero-order valence-corrected chi connectivity index (χ0v) is 8.79. The number of piperidine rings is 1. The molecule has 1 saturated heterocycles. The second-order valence-electron chi connectivity index (χ2n) is 4.92. The Labute approximate surface area is 85.3 Å². The molecule has 1 unspecified atom stereocenters. The zero-order valence-electron chi connectivity index (χ0n) is 8.79. The summed E-state index contributed by atoms with van der Waals surface area (Å²) in [5, 5.41) is 19.8. The topological polar surface area (TPSA) is 47.3 Å². The highest BCUT2D eigenvalue weighted by Gasteiger charge is 2.55. The number of hydrogen-bond donors (Lipinski definition) is 1. The van der Waals surface area contributed by atoms with E-state index in [4.69, 9.17) is 0 Å². The minimum atomic E-state index is -0.743. The van der Waals surface area contributed by atoms with Crippen molar-refractivity contribution in [2.45, 2.75) is 37.7 Å². The molecule has 2 fully saturated rings. The van der Waals surface area contributed by atoms with Crippen LogP contribution in [0, 0.1) is 16.7 Å². The zero-order chi connectivity index (χ0) is 10.2. The molecule has 1 aliphatic carbocycles. The van der Waals surface area contributed by atoms with E-state index in [1.807, 2.05) is 7.05 Å². The minimum absolute atomic E-state index is 0.429. The Morgan fingerprint density at radius 2 is 2.00 bits per heavy atom. The third kappa shape index (κ3) is 1.25. The van der Waals surface area contributed by atoms with Crippen LogP contribution in [0.3, 0.4) is 0 Å². The van der Waals surface area contributed by atoms with Gasteiger partial charge in [-0.2, -0.15) is 5.26 Å². The van der Waals surface area contributed by atoms with Gasteiger partial charge in [-0.3, -0.25) is 0 Å². The van der Waals surface area contributed by atoms with Crippen LogP contribution in [-0.2, 0) is 0 Å². The number of likely N-dealkylation sites (N-methyl/N-ethyl adjacent to an activating group) is 1. The van der Waals surface area contributed by atoms with Crippen LogP contribution in [0.25, 0.3) is 0 Å². The van der Waals surface area contributed by atoms with Gasteiger partial charge >= 0.3 is 0 Å². The van der Waals surface area contributed by atoms with Crippen molar-refractivity contribution in [3.05, 3.63) is 0 Å². The number of nitriles is 1. The molecule has 1 heterocycles. The summed E-state index contributed by atoms with van der Waals surface area (Å²) in [5.41, 5.74) is -1.17. The third-order valence-corrected chi connectivity index (χ3v) is 3.97. The fraction of sp³-hybridized carbons (Fsp3) is 0.909. The summed E-state index contributed by atoms with van der Waals surface area (Å²) in [6, 6.07) is 2.37. The van der Waals surface area contributed by atoms with Crippen LogP contribution in [0.4, 0.5) is 0 Å². The van der Waals surface area contributed by atoms with Crippen LogP contribution in [0.5, 0.6) is 0 Å². The van der Waals surface area contributed by atoms with Crippen molar-refractivity contribution in [2.75, 3.05) is 20.1 Å². The van der Waals surface area contributed by atoms with E-state index in [0.29, 0.717) is 6.54 Å². The van der Waals surface area contributed by atoms with Crippen LogP contribution in [0.2, 0.25) is 0 Å². The van der Waals surface area contributed by atoms with E-state index in [2.05, 4.69) is 11.0 Å². The van der Waals surface area contributed by atoms with Gasteiger partial charge in [0.25, 0.3) is 0 Å². The molecule has 1 aliphatic heterocycles. The molecule has 1 saturated carbocycles. The number of aliphatic hydroxyl groups is 1. The lowest BCUT2D eigenvalue weighted by Crippen LogP contribution is -2.59. The van der Waals surface area contributed by atoms with Crippen LogP contribution in [-0.4, -0.2) is 35.7 Å². The standard InChI is InChI=1S/C11H18N2O/c1-13-7-3-6-11(14,9-13)10(8-12)4-2-5-10/h14H,2-7,9H2,1H3. The van der Waals surface area contributed by atoms with Crippen molar-refractivity contribution in [1.29, 1.82) is 5.26 Å². The van der Waals surface area contributed by atoms with Gasteiger partial charge in [0, 0.05) is 6.54 Å². The number of likely N-dealkylation sites (tertiary alicyclic amines) is 1. The third-order valence-electron chi connectivity index (χ3n) is 3.97. The molecule has 0 amide bonds. The van der Waals surface area contributed by atoms with Crippen molar-refractivity contribution in [3.8, 4) is 6.07 Å². The van der Waals surface area contributed by atoms with Gasteiger partial charge in [0.1, 0.15) is 0 Å². The molecule has 0 spiro atoms. The maximum Gasteiger partial charge on any atom is 0.0959 e. The predicted molar refractivity (Wildman–Crippen MR) is 53.6 cm³/mol. The van der Waals surface area contributed by atoms with Gasteiger partial charge < -0.3 is 10.0 Å². The minimum Gasteiger partial charge on any atom is -0.387 e. The van der Waals surface area contributed by atoms with Gasteiger partial charge in [-0.25, -0.2) is 0 Å². The molecule has 14 heavy (non-hydrogen) atoms. The molecule has 1 N–H and O–H groups in total. The first kappa shape index (κ1) is 9.95. The van der Waals surface area contributed by atoms with E-state index in [0.717, 1.165) is 38.6 Å². The maximum absolute atomic E-state index is 10.5. The van der Waals surface area contributed by atoms with Crippen molar-refractivity contribution in [3.63, 3.8) is 0 Å². The van der Waals surface area contributed by atoms with Crippen LogP contribution < -0.4 is 0 Å². The lowest BCUT2D eigenvalue weighted by atomic mass is 9.57. The molecule has 2 rings (SSSR count). The molecule has 0 aromatic carbocycles. The summed E-state index contributed by atoms with van der Waals surface area (Å²) < 4.78 is 0. The van der Waals surface area contributed by atoms with E-state index in [1.54, 1.807) is 0 Å². The number of β-amino-alcohol motifs (C(OH)–C–C–N with tert-alkyl or cyclic N) is 1. The predicted octanol–water partition coefficient (Wildman–Crippen LogP) is 1.14. The van der Waals surface area contributed by atoms with Gasteiger partial charge in [-0.05, 0) is 39.3 Å². The van der Waals surface area contributed by atoms with E-state index in [-0.39, 0.29) is 0 Å². The largest absolute Gasteiger partial charge is 0.387 e. The average Bonchev–Trinajstić information content (AvgIpc) is 2.01. The van der Waals surface area contributed by atoms with Gasteiger partial charge in [0.2, 0.25) is 0 Å². The lowest BCUT2D eigenvalue weighted by molar-refractivity contribution is -0.128. The monoisotopic (exact) mass is 194 g/mol. The fourth-order valence-corrected chi connectivity index (χ4v) is 2.85. The second kappa shape index (κ2) is 3.22. The smallest absolute Gasteiger partial charge is 0.0959 e. The second-order valence-corrected chi connectivity index (χ2v) is 4.92. The van der Waals surface area contributed by atoms with E-state index >= 15 is 0 Å². The summed E-state index contributed by atoms with van der Waals surface area (Å²) in [7, 11) is 2.02. The molecule has 2 aliphatic rings. The van der Waals surface area contributed by atoms with E-state index in [9.17, 15) is 10.4 Å². The Morgan fingerprint density at radius 3 is 2.43 bits per heavy atom. The quantitative estimate of drug-likeness (QED) is 0.681. The average molecular weight is 194 g/mol. The summed E-state index contributed by atoms with van der Waals surface area (Å²) in [5.74, 6) is 0. The van der Waals surface area contributed by atoms with E-state index < -0.39 is 11.0 Å². The van der Waals surface area contributed by atoms with Crippen LogP contribution in [0.1, 0.15) is 32.1 Å². The lowest BCUT2D eigenvalue weighted by Gasteiger charge is -2.52. The van der Waals surface area contributed by atoms with Crippen molar-refractivity contribution in [2.24, 2.45) is 5.41 Å². The molecular formula is C11H18N2O. The highest BCUT2D eigenvalue weighted by atomic mass is 16.3. The fourth-order valence-electron chi connectivity index (χ4n) is 2.85. The Balaban J connectivity index is 2.18. The molecule has 3 heteroatoms. The normalized spacial score (nSPS) is 37.2. The molecule has 0 aromatic heterocycles. The molecule has 1 atom stereocenters. The van der Waals surface area contributed by atoms with Crippen LogP contribution >= 0.6 is 0 Å². The first-order valence-corrected chi connectivity index (χ1v) is 5.44. The number of nitrogens with zero attached hydrogens (tertiary/aromatic N) is 2. The molecule has 0 aromatic rings. The Hall–Kier alpha value is -0.590. The Morgan fingerprint density at radius 1 is 1.29 bits per heavy atom. The molecule has 0 radical (unpaired) electrons. The number of hydrogen-bond acceptors (Lipinski definition) is 3. The first-order valence-electron chi connectivity index (χ1n) is 5.44. The van der Waals surface area contributed by atoms with Crippen LogP contribution in [0.15, 0.2) is 0 Å². The molecule has 0 bridgehead atoms. The Bertz CT molecular complexity index is 267. The molecule has 78 valence electrons. The SMILES string of the molecule is CN1CCCC(O)(C2(C#N)CCC2)C1. The maximum atomic E-state index is 10.5. The summed E-state index contributed by atoms with van der Waals surface area (Å²) in [6.45, 7) is 1.71. The highest BCUT2D eigenvalue weighted by molar-refractivity contribution is 5.17. The summed E-state index contributed by atoms with van der Waals surface area (Å²) in [4.78, 5) is 2.14. The number of rotatable bonds is 1. The molecular weight excluding hydrogens is 176 g/mol. The first-order chi connectivity index (χ1) is 6.62. The van der Waals surface area contributed by atoms with Crippen molar-refractivity contribution in [1.82, 2.24) is 4.90 Å². The van der Waals surface area contributed by atoms with Gasteiger partial charge in [0.05, 0.1) is 17.1 Å². The summed E-state index contributed by atoms with van der Waals surface area (Å²) in [6.07, 6.45) is 4.67. The van der Waals surface area contributed by atoms with Gasteiger partial charge in [-0.1, -0.05) is 6.42 Å². The highest BCUT2D eigenvalue weighted by Crippen LogP contribution is 2.51.